The molecule has 2 N–H and O–H groups in total. The van der Waals surface area contributed by atoms with Gasteiger partial charge in [0, 0.05) is 6.07 Å². The number of aliphatic hydroxyl groups is 1. The van der Waals surface area contributed by atoms with Crippen LogP contribution in [0.4, 0.5) is 5.69 Å². The highest BCUT2D eigenvalue weighted by Gasteiger charge is 2.32. The van der Waals surface area contributed by atoms with Gasteiger partial charge in [0.25, 0.3) is 5.69 Å². The predicted octanol–water partition coefficient (Wildman–Crippen LogP) is 2.08. The summed E-state index contributed by atoms with van der Waals surface area (Å²) in [7, 11) is -4.00. The van der Waals surface area contributed by atoms with Crippen LogP contribution >= 0.6 is 11.6 Å². The van der Waals surface area contributed by atoms with Gasteiger partial charge in [-0.3, -0.25) is 10.1 Å². The lowest BCUT2D eigenvalue weighted by molar-refractivity contribution is -0.384. The molecule has 0 bridgehead atoms. The second-order valence-corrected chi connectivity index (χ2v) is 6.71. The van der Waals surface area contributed by atoms with Gasteiger partial charge in [-0.15, -0.1) is 0 Å². The summed E-state index contributed by atoms with van der Waals surface area (Å²) >= 11 is 5.66. The fourth-order valence-corrected chi connectivity index (χ4v) is 3.54. The standard InChI is InChI=1S/C12H17ClN2O5S/c1-3-12(4-2,8-16)14-21(19,20)9-5-6-10(13)11(7-9)15(17)18/h5-7,14,16H,3-4,8H2,1-2H3. The van der Waals surface area contributed by atoms with Crippen LogP contribution in [0.25, 0.3) is 0 Å². The molecule has 0 aliphatic heterocycles. The number of benzene rings is 1. The summed E-state index contributed by atoms with van der Waals surface area (Å²) in [5, 5.41) is 20.1. The van der Waals surface area contributed by atoms with Crippen LogP contribution in [0.1, 0.15) is 26.7 Å². The molecule has 0 saturated heterocycles. The SMILES string of the molecule is CCC(CC)(CO)NS(=O)(=O)c1ccc(Cl)c([N+](=O)[O-])c1. The Kier molecular flexibility index (Phi) is 5.68. The molecule has 0 aliphatic carbocycles. The molecule has 1 rings (SSSR count). The number of nitrogens with zero attached hydrogens (tertiary/aromatic N) is 1. The fraction of sp³-hybridized carbons (Fsp3) is 0.500. The molecule has 0 aromatic heterocycles. The molecule has 21 heavy (non-hydrogen) atoms. The highest BCUT2D eigenvalue weighted by atomic mass is 35.5. The van der Waals surface area contributed by atoms with E-state index in [4.69, 9.17) is 11.6 Å². The van der Waals surface area contributed by atoms with Crippen molar-refractivity contribution in [3.8, 4) is 0 Å². The Labute approximate surface area is 128 Å². The minimum Gasteiger partial charge on any atom is -0.394 e. The first kappa shape index (κ1) is 17.8. The zero-order valence-corrected chi connectivity index (χ0v) is 13.2. The molecule has 0 amide bonds. The molecule has 0 atom stereocenters. The van der Waals surface area contributed by atoms with Crippen LogP contribution in [-0.2, 0) is 10.0 Å². The van der Waals surface area contributed by atoms with E-state index < -0.39 is 26.2 Å². The van der Waals surface area contributed by atoms with Gasteiger partial charge in [0.15, 0.2) is 0 Å². The van der Waals surface area contributed by atoms with E-state index in [9.17, 15) is 23.6 Å². The zero-order valence-electron chi connectivity index (χ0n) is 11.7. The van der Waals surface area contributed by atoms with Crippen molar-refractivity contribution in [2.24, 2.45) is 0 Å². The van der Waals surface area contributed by atoms with Gasteiger partial charge in [0.05, 0.1) is 22.0 Å². The maximum Gasteiger partial charge on any atom is 0.289 e. The molecule has 0 aliphatic rings. The van der Waals surface area contributed by atoms with Gasteiger partial charge in [-0.05, 0) is 25.0 Å². The molecular formula is C12H17ClN2O5S. The van der Waals surface area contributed by atoms with E-state index >= 15 is 0 Å². The molecule has 0 heterocycles. The largest absolute Gasteiger partial charge is 0.394 e. The normalized spacial score (nSPS) is 12.4. The summed E-state index contributed by atoms with van der Waals surface area (Å²) in [6.45, 7) is 3.12. The lowest BCUT2D eigenvalue weighted by atomic mass is 9.96. The van der Waals surface area contributed by atoms with Crippen molar-refractivity contribution in [3.05, 3.63) is 33.3 Å². The number of nitrogens with one attached hydrogen (secondary N) is 1. The van der Waals surface area contributed by atoms with Crippen molar-refractivity contribution < 1.29 is 18.4 Å². The average molecular weight is 337 g/mol. The van der Waals surface area contributed by atoms with Crippen molar-refractivity contribution in [1.82, 2.24) is 4.72 Å². The Morgan fingerprint density at radius 1 is 1.38 bits per heavy atom. The second-order valence-electron chi connectivity index (χ2n) is 4.62. The Morgan fingerprint density at radius 2 is 1.95 bits per heavy atom. The van der Waals surface area contributed by atoms with E-state index in [1.54, 1.807) is 13.8 Å². The molecule has 0 spiro atoms. The Hall–Kier alpha value is -1.22. The Morgan fingerprint density at radius 3 is 2.38 bits per heavy atom. The first-order valence-corrected chi connectivity index (χ1v) is 8.16. The lowest BCUT2D eigenvalue weighted by Crippen LogP contribution is -2.50. The first-order chi connectivity index (χ1) is 9.71. The van der Waals surface area contributed by atoms with Crippen LogP contribution in [0.2, 0.25) is 5.02 Å². The van der Waals surface area contributed by atoms with Gasteiger partial charge in [-0.25, -0.2) is 13.1 Å². The van der Waals surface area contributed by atoms with Crippen LogP contribution in [0.15, 0.2) is 23.1 Å². The molecular weight excluding hydrogens is 320 g/mol. The van der Waals surface area contributed by atoms with Crippen molar-refractivity contribution in [3.63, 3.8) is 0 Å². The molecule has 0 radical (unpaired) electrons. The van der Waals surface area contributed by atoms with Crippen molar-refractivity contribution in [1.29, 1.82) is 0 Å². The van der Waals surface area contributed by atoms with E-state index in [-0.39, 0.29) is 16.5 Å². The lowest BCUT2D eigenvalue weighted by Gasteiger charge is -2.30. The monoisotopic (exact) mass is 336 g/mol. The number of hydrogen-bond acceptors (Lipinski definition) is 5. The number of aliphatic hydroxyl groups excluding tert-OH is 1. The Bertz CT molecular complexity index is 620. The molecule has 1 aromatic carbocycles. The number of halogens is 1. The van der Waals surface area contributed by atoms with Gasteiger partial charge < -0.3 is 5.11 Å². The van der Waals surface area contributed by atoms with E-state index in [1.807, 2.05) is 0 Å². The van der Waals surface area contributed by atoms with E-state index in [0.717, 1.165) is 12.1 Å². The number of hydrogen-bond donors (Lipinski definition) is 2. The van der Waals surface area contributed by atoms with Crippen molar-refractivity contribution in [2.45, 2.75) is 37.1 Å². The molecule has 7 nitrogen and oxygen atoms in total. The third-order valence-electron chi connectivity index (χ3n) is 3.43. The fourth-order valence-electron chi connectivity index (χ4n) is 1.79. The van der Waals surface area contributed by atoms with E-state index in [2.05, 4.69) is 4.72 Å². The summed E-state index contributed by atoms with van der Waals surface area (Å²) in [5.41, 5.74) is -1.48. The number of nitro benzene ring substituents is 1. The summed E-state index contributed by atoms with van der Waals surface area (Å²) in [4.78, 5) is 9.81. The maximum atomic E-state index is 12.3. The number of sulfonamides is 1. The van der Waals surface area contributed by atoms with Crippen molar-refractivity contribution in [2.75, 3.05) is 6.61 Å². The van der Waals surface area contributed by atoms with Gasteiger partial charge >= 0.3 is 0 Å². The maximum absolute atomic E-state index is 12.3. The average Bonchev–Trinajstić information content (AvgIpc) is 2.44. The summed E-state index contributed by atoms with van der Waals surface area (Å²) in [6.07, 6.45) is 0.768. The van der Waals surface area contributed by atoms with Crippen LogP contribution in [-0.4, -0.2) is 30.6 Å². The molecule has 118 valence electrons. The van der Waals surface area contributed by atoms with Crippen LogP contribution in [0.5, 0.6) is 0 Å². The highest BCUT2D eigenvalue weighted by molar-refractivity contribution is 7.89. The smallest absolute Gasteiger partial charge is 0.289 e. The Balaban J connectivity index is 3.26. The minimum absolute atomic E-state index is 0.140. The predicted molar refractivity (Wildman–Crippen MR) is 78.8 cm³/mol. The topological polar surface area (TPSA) is 110 Å². The molecule has 0 saturated carbocycles. The van der Waals surface area contributed by atoms with E-state index in [0.29, 0.717) is 12.8 Å². The molecule has 9 heteroatoms. The summed E-state index contributed by atoms with van der Waals surface area (Å²) < 4.78 is 27.1. The third kappa shape index (κ3) is 3.91. The van der Waals surface area contributed by atoms with Crippen LogP contribution in [0, 0.1) is 10.1 Å². The van der Waals surface area contributed by atoms with Gasteiger partial charge in [0.2, 0.25) is 10.0 Å². The van der Waals surface area contributed by atoms with Gasteiger partial charge in [-0.1, -0.05) is 25.4 Å². The van der Waals surface area contributed by atoms with E-state index in [1.165, 1.54) is 6.07 Å². The zero-order chi connectivity index (χ0) is 16.3. The third-order valence-corrected chi connectivity index (χ3v) is 5.33. The first-order valence-electron chi connectivity index (χ1n) is 6.30. The number of rotatable bonds is 7. The highest BCUT2D eigenvalue weighted by Crippen LogP contribution is 2.28. The minimum atomic E-state index is -4.00. The molecule has 0 unspecified atom stereocenters. The van der Waals surface area contributed by atoms with Gasteiger partial charge in [0.1, 0.15) is 5.02 Å². The molecule has 1 aromatic rings. The van der Waals surface area contributed by atoms with Crippen LogP contribution < -0.4 is 4.72 Å². The van der Waals surface area contributed by atoms with Crippen molar-refractivity contribution >= 4 is 27.3 Å². The second kappa shape index (κ2) is 6.69. The quantitative estimate of drug-likeness (QED) is 0.585. The number of nitro groups is 1. The van der Waals surface area contributed by atoms with Crippen LogP contribution in [0.3, 0.4) is 0 Å². The summed E-state index contributed by atoms with van der Waals surface area (Å²) in [6, 6.07) is 3.25. The van der Waals surface area contributed by atoms with Gasteiger partial charge in [-0.2, -0.15) is 0 Å². The summed E-state index contributed by atoms with van der Waals surface area (Å²) in [5.74, 6) is 0. The molecule has 0 fully saturated rings.